The third-order valence-corrected chi connectivity index (χ3v) is 3.79. The molecule has 0 saturated carbocycles. The minimum atomic E-state index is -0.112. The molecular weight excluding hydrogens is 302 g/mol. The summed E-state index contributed by atoms with van der Waals surface area (Å²) in [7, 11) is 1.55. The quantitative estimate of drug-likeness (QED) is 0.939. The number of benzene rings is 2. The van der Waals surface area contributed by atoms with Crippen molar-refractivity contribution in [2.24, 2.45) is 0 Å². The number of fused-ring (bicyclic) bond motifs is 1. The number of methoxy groups -OCH3 is 1. The van der Waals surface area contributed by atoms with E-state index in [0.29, 0.717) is 29.5 Å². The summed E-state index contributed by atoms with van der Waals surface area (Å²) >= 11 is 5.96. The predicted molar refractivity (Wildman–Crippen MR) is 86.0 cm³/mol. The second-order valence-electron chi connectivity index (χ2n) is 5.11. The minimum absolute atomic E-state index is 0.112. The molecule has 0 spiro atoms. The van der Waals surface area contributed by atoms with Crippen molar-refractivity contribution in [1.82, 2.24) is 0 Å². The molecule has 1 aliphatic heterocycles. The monoisotopic (exact) mass is 317 g/mol. The van der Waals surface area contributed by atoms with Crippen molar-refractivity contribution in [1.29, 1.82) is 0 Å². The fraction of sp³-hybridized carbons (Fsp3) is 0.235. The molecule has 1 aliphatic rings. The molecule has 0 unspecified atom stereocenters. The Balaban J connectivity index is 1.71. The van der Waals surface area contributed by atoms with Crippen LogP contribution in [0.3, 0.4) is 0 Å². The van der Waals surface area contributed by atoms with Gasteiger partial charge in [-0.3, -0.25) is 4.79 Å². The summed E-state index contributed by atoms with van der Waals surface area (Å²) in [6.45, 7) is 0.713. The minimum Gasteiger partial charge on any atom is -0.495 e. The largest absolute Gasteiger partial charge is 0.495 e. The zero-order chi connectivity index (χ0) is 15.5. The van der Waals surface area contributed by atoms with Crippen LogP contribution in [0.15, 0.2) is 36.4 Å². The third-order valence-electron chi connectivity index (χ3n) is 3.55. The number of carbonyl (C=O) groups is 1. The Bertz CT molecular complexity index is 715. The van der Waals surface area contributed by atoms with E-state index in [1.165, 1.54) is 0 Å². The Morgan fingerprint density at radius 2 is 2.18 bits per heavy atom. The van der Waals surface area contributed by atoms with Crippen molar-refractivity contribution in [3.8, 4) is 11.5 Å². The Kier molecular flexibility index (Phi) is 4.20. The zero-order valence-corrected chi connectivity index (χ0v) is 12.9. The highest BCUT2D eigenvalue weighted by molar-refractivity contribution is 6.31. The second kappa shape index (κ2) is 6.28. The first-order chi connectivity index (χ1) is 10.7. The lowest BCUT2D eigenvalue weighted by atomic mass is 10.1. The molecule has 2 aromatic rings. The van der Waals surface area contributed by atoms with Crippen molar-refractivity contribution in [3.63, 3.8) is 0 Å². The smallest absolute Gasteiger partial charge is 0.228 e. The standard InChI is InChI=1S/C17H16ClNO3/c1-21-16-5-3-13(18)10-14(16)19-17(20)9-11-2-4-15-12(8-11)6-7-22-15/h2-5,8,10H,6-7,9H2,1H3,(H,19,20). The van der Waals surface area contributed by atoms with Crippen LogP contribution in [0.1, 0.15) is 11.1 Å². The number of anilines is 1. The van der Waals surface area contributed by atoms with Crippen LogP contribution in [-0.4, -0.2) is 19.6 Å². The molecule has 0 aliphatic carbocycles. The predicted octanol–water partition coefficient (Wildman–Crippen LogP) is 3.46. The first kappa shape index (κ1) is 14.7. The average molecular weight is 318 g/mol. The molecule has 0 atom stereocenters. The van der Waals surface area contributed by atoms with Crippen molar-refractivity contribution >= 4 is 23.2 Å². The summed E-state index contributed by atoms with van der Waals surface area (Å²) in [5.74, 6) is 1.39. The number of hydrogen-bond acceptors (Lipinski definition) is 3. The molecule has 2 aromatic carbocycles. The number of ether oxygens (including phenoxy) is 2. The average Bonchev–Trinajstić information content (AvgIpc) is 2.95. The third kappa shape index (κ3) is 3.17. The number of hydrogen-bond donors (Lipinski definition) is 1. The summed E-state index contributed by atoms with van der Waals surface area (Å²) in [6.07, 6.45) is 1.19. The highest BCUT2D eigenvalue weighted by Crippen LogP contribution is 2.28. The Morgan fingerprint density at radius 3 is 3.00 bits per heavy atom. The highest BCUT2D eigenvalue weighted by Gasteiger charge is 2.14. The van der Waals surface area contributed by atoms with Crippen molar-refractivity contribution in [2.45, 2.75) is 12.8 Å². The van der Waals surface area contributed by atoms with Gasteiger partial charge in [-0.15, -0.1) is 0 Å². The van der Waals surface area contributed by atoms with Gasteiger partial charge < -0.3 is 14.8 Å². The molecule has 114 valence electrons. The number of nitrogens with one attached hydrogen (secondary N) is 1. The first-order valence-electron chi connectivity index (χ1n) is 7.04. The maximum absolute atomic E-state index is 12.2. The molecule has 1 amide bonds. The Labute approximate surface area is 134 Å². The van der Waals surface area contributed by atoms with Crippen LogP contribution in [0.2, 0.25) is 5.02 Å². The van der Waals surface area contributed by atoms with Crippen LogP contribution < -0.4 is 14.8 Å². The summed E-state index contributed by atoms with van der Waals surface area (Å²) in [6, 6.07) is 11.0. The van der Waals surface area contributed by atoms with Crippen molar-refractivity contribution < 1.29 is 14.3 Å². The number of rotatable bonds is 4. The van der Waals surface area contributed by atoms with Crippen molar-refractivity contribution in [3.05, 3.63) is 52.5 Å². The fourth-order valence-electron chi connectivity index (χ4n) is 2.51. The maximum atomic E-state index is 12.2. The van der Waals surface area contributed by atoms with E-state index in [0.717, 1.165) is 23.3 Å². The van der Waals surface area contributed by atoms with Gasteiger partial charge in [0, 0.05) is 11.4 Å². The van der Waals surface area contributed by atoms with Gasteiger partial charge >= 0.3 is 0 Å². The molecule has 0 fully saturated rings. The van der Waals surface area contributed by atoms with Gasteiger partial charge in [0.1, 0.15) is 11.5 Å². The fourth-order valence-corrected chi connectivity index (χ4v) is 2.68. The second-order valence-corrected chi connectivity index (χ2v) is 5.55. The molecule has 22 heavy (non-hydrogen) atoms. The van der Waals surface area contributed by atoms with Gasteiger partial charge in [-0.1, -0.05) is 23.7 Å². The van der Waals surface area contributed by atoms with Crippen LogP contribution in [-0.2, 0) is 17.6 Å². The molecule has 5 heteroatoms. The van der Waals surface area contributed by atoms with Gasteiger partial charge in [0.2, 0.25) is 5.91 Å². The lowest BCUT2D eigenvalue weighted by molar-refractivity contribution is -0.115. The number of carbonyl (C=O) groups excluding carboxylic acids is 1. The highest BCUT2D eigenvalue weighted by atomic mass is 35.5. The van der Waals surface area contributed by atoms with Crippen LogP contribution >= 0.6 is 11.6 Å². The summed E-state index contributed by atoms with van der Waals surface area (Å²) in [4.78, 5) is 12.2. The Morgan fingerprint density at radius 1 is 1.32 bits per heavy atom. The van der Waals surface area contributed by atoms with Crippen LogP contribution in [0.4, 0.5) is 5.69 Å². The number of amides is 1. The van der Waals surface area contributed by atoms with Gasteiger partial charge in [-0.2, -0.15) is 0 Å². The molecule has 0 bridgehead atoms. The molecule has 0 radical (unpaired) electrons. The first-order valence-corrected chi connectivity index (χ1v) is 7.41. The van der Waals surface area contributed by atoms with E-state index in [-0.39, 0.29) is 5.91 Å². The molecule has 1 N–H and O–H groups in total. The van der Waals surface area contributed by atoms with Crippen LogP contribution in [0.5, 0.6) is 11.5 Å². The van der Waals surface area contributed by atoms with Gasteiger partial charge in [-0.05, 0) is 35.4 Å². The summed E-state index contributed by atoms with van der Waals surface area (Å²) in [5, 5.41) is 3.39. The molecule has 0 aromatic heterocycles. The van der Waals surface area contributed by atoms with Gasteiger partial charge in [0.15, 0.2) is 0 Å². The zero-order valence-electron chi connectivity index (χ0n) is 12.2. The van der Waals surface area contributed by atoms with Crippen LogP contribution in [0.25, 0.3) is 0 Å². The number of halogens is 1. The molecule has 0 saturated heterocycles. The molecule has 3 rings (SSSR count). The Hall–Kier alpha value is -2.20. The lowest BCUT2D eigenvalue weighted by Crippen LogP contribution is -2.15. The van der Waals surface area contributed by atoms with E-state index in [2.05, 4.69) is 5.32 Å². The van der Waals surface area contributed by atoms with E-state index in [1.54, 1.807) is 25.3 Å². The van der Waals surface area contributed by atoms with E-state index in [1.807, 2.05) is 18.2 Å². The van der Waals surface area contributed by atoms with Gasteiger partial charge in [-0.25, -0.2) is 0 Å². The molecule has 4 nitrogen and oxygen atoms in total. The topological polar surface area (TPSA) is 47.6 Å². The van der Waals surface area contributed by atoms with E-state index in [9.17, 15) is 4.79 Å². The maximum Gasteiger partial charge on any atom is 0.228 e. The SMILES string of the molecule is COc1ccc(Cl)cc1NC(=O)Cc1ccc2c(c1)CCO2. The van der Waals surface area contributed by atoms with E-state index in [4.69, 9.17) is 21.1 Å². The van der Waals surface area contributed by atoms with Crippen LogP contribution in [0, 0.1) is 0 Å². The van der Waals surface area contributed by atoms with E-state index >= 15 is 0 Å². The van der Waals surface area contributed by atoms with Crippen molar-refractivity contribution in [2.75, 3.05) is 19.0 Å². The van der Waals surface area contributed by atoms with Gasteiger partial charge in [0.25, 0.3) is 0 Å². The molecular formula is C17H16ClNO3. The summed E-state index contributed by atoms with van der Waals surface area (Å²) < 4.78 is 10.7. The molecule has 1 heterocycles. The van der Waals surface area contributed by atoms with E-state index < -0.39 is 0 Å². The normalized spacial score (nSPS) is 12.5. The summed E-state index contributed by atoms with van der Waals surface area (Å²) in [5.41, 5.74) is 2.69. The van der Waals surface area contributed by atoms with Gasteiger partial charge in [0.05, 0.1) is 25.8 Å². The lowest BCUT2D eigenvalue weighted by Gasteiger charge is -2.11.